The molecule has 0 aliphatic heterocycles. The second kappa shape index (κ2) is 5.33. The number of nitrogen functional groups attached to an aromatic ring is 1. The number of nitrogens with two attached hydrogens (primary N) is 1. The molecular formula is C16H17FN2O. The van der Waals surface area contributed by atoms with Crippen LogP contribution >= 0.6 is 0 Å². The number of hydrogen-bond donors (Lipinski definition) is 2. The molecule has 0 bridgehead atoms. The van der Waals surface area contributed by atoms with Gasteiger partial charge in [-0.25, -0.2) is 4.39 Å². The molecule has 2 aromatic carbocycles. The largest absolute Gasteiger partial charge is 0.454 e. The van der Waals surface area contributed by atoms with Crippen molar-refractivity contribution in [2.45, 2.75) is 20.8 Å². The molecule has 0 amide bonds. The molecule has 3 nitrogen and oxygen atoms in total. The molecule has 20 heavy (non-hydrogen) atoms. The molecule has 2 aromatic rings. The quantitative estimate of drug-likeness (QED) is 0.659. The van der Waals surface area contributed by atoms with Crippen LogP contribution in [0.2, 0.25) is 0 Å². The molecule has 0 aromatic heterocycles. The van der Waals surface area contributed by atoms with Crippen LogP contribution in [0.1, 0.15) is 22.3 Å². The average molecular weight is 272 g/mol. The van der Waals surface area contributed by atoms with Gasteiger partial charge in [0.1, 0.15) is 11.6 Å². The van der Waals surface area contributed by atoms with Gasteiger partial charge in [0.05, 0.1) is 0 Å². The molecule has 0 aliphatic rings. The van der Waals surface area contributed by atoms with E-state index >= 15 is 0 Å². The lowest BCUT2D eigenvalue weighted by molar-refractivity contribution is 0.439. The molecular weight excluding hydrogens is 255 g/mol. The van der Waals surface area contributed by atoms with Gasteiger partial charge in [-0.3, -0.25) is 5.41 Å². The summed E-state index contributed by atoms with van der Waals surface area (Å²) in [6.07, 6.45) is 0. The minimum Gasteiger partial charge on any atom is -0.454 e. The smallest absolute Gasteiger partial charge is 0.166 e. The lowest BCUT2D eigenvalue weighted by Crippen LogP contribution is -2.11. The molecule has 0 unspecified atom stereocenters. The van der Waals surface area contributed by atoms with E-state index in [9.17, 15) is 4.39 Å². The highest BCUT2D eigenvalue weighted by molar-refractivity contribution is 5.95. The summed E-state index contributed by atoms with van der Waals surface area (Å²) in [5.74, 6) is 0.0642. The molecule has 0 heterocycles. The van der Waals surface area contributed by atoms with E-state index in [0.29, 0.717) is 11.3 Å². The van der Waals surface area contributed by atoms with Crippen LogP contribution in [0, 0.1) is 32.0 Å². The van der Waals surface area contributed by atoms with E-state index in [4.69, 9.17) is 15.9 Å². The summed E-state index contributed by atoms with van der Waals surface area (Å²) < 4.78 is 19.6. The van der Waals surface area contributed by atoms with Crippen LogP contribution in [0.25, 0.3) is 0 Å². The number of benzene rings is 2. The third kappa shape index (κ3) is 2.79. The maximum atomic E-state index is 14.0. The predicted molar refractivity (Wildman–Crippen MR) is 78.1 cm³/mol. The number of rotatable bonds is 3. The highest BCUT2D eigenvalue weighted by atomic mass is 19.1. The summed E-state index contributed by atoms with van der Waals surface area (Å²) in [4.78, 5) is 0. The fourth-order valence-corrected chi connectivity index (χ4v) is 1.98. The second-order valence-corrected chi connectivity index (χ2v) is 4.87. The predicted octanol–water partition coefficient (Wildman–Crippen LogP) is 3.83. The van der Waals surface area contributed by atoms with Crippen LogP contribution in [0.3, 0.4) is 0 Å². The lowest BCUT2D eigenvalue weighted by Gasteiger charge is -2.13. The zero-order valence-corrected chi connectivity index (χ0v) is 11.8. The van der Waals surface area contributed by atoms with Crippen molar-refractivity contribution in [2.75, 3.05) is 0 Å². The molecule has 4 heteroatoms. The van der Waals surface area contributed by atoms with Crippen LogP contribution in [0.5, 0.6) is 11.5 Å². The topological polar surface area (TPSA) is 59.1 Å². The third-order valence-electron chi connectivity index (χ3n) is 3.23. The lowest BCUT2D eigenvalue weighted by atomic mass is 10.1. The molecule has 104 valence electrons. The third-order valence-corrected chi connectivity index (χ3v) is 3.23. The van der Waals surface area contributed by atoms with E-state index < -0.39 is 5.82 Å². The molecule has 2 rings (SSSR count). The van der Waals surface area contributed by atoms with Crippen molar-refractivity contribution < 1.29 is 9.13 Å². The molecule has 0 atom stereocenters. The van der Waals surface area contributed by atoms with Gasteiger partial charge >= 0.3 is 0 Å². The summed E-state index contributed by atoms with van der Waals surface area (Å²) in [5, 5.41) is 7.28. The zero-order chi connectivity index (χ0) is 14.9. The van der Waals surface area contributed by atoms with Gasteiger partial charge in [-0.2, -0.15) is 0 Å². The van der Waals surface area contributed by atoms with E-state index in [1.807, 2.05) is 26.8 Å². The number of nitrogens with one attached hydrogen (secondary N) is 1. The van der Waals surface area contributed by atoms with E-state index in [0.717, 1.165) is 16.7 Å². The number of aryl methyl sites for hydroxylation is 2. The van der Waals surface area contributed by atoms with Crippen molar-refractivity contribution in [3.05, 3.63) is 58.4 Å². The van der Waals surface area contributed by atoms with Gasteiger partial charge in [-0.1, -0.05) is 6.07 Å². The van der Waals surface area contributed by atoms with E-state index in [1.165, 1.54) is 12.1 Å². The fraction of sp³-hybridized carbons (Fsp3) is 0.188. The zero-order valence-electron chi connectivity index (χ0n) is 11.8. The normalized spacial score (nSPS) is 10.4. The van der Waals surface area contributed by atoms with Crippen LogP contribution in [-0.2, 0) is 0 Å². The van der Waals surface area contributed by atoms with Gasteiger partial charge in [-0.05, 0) is 61.7 Å². The van der Waals surface area contributed by atoms with Gasteiger partial charge < -0.3 is 10.5 Å². The number of hydrogen-bond acceptors (Lipinski definition) is 2. The Hall–Kier alpha value is -2.36. The summed E-state index contributed by atoms with van der Waals surface area (Å²) in [6.45, 7) is 5.89. The average Bonchev–Trinajstić information content (AvgIpc) is 2.37. The maximum Gasteiger partial charge on any atom is 0.166 e. The van der Waals surface area contributed by atoms with E-state index in [-0.39, 0.29) is 11.6 Å². The standard InChI is InChI=1S/C16H17FN2O/c1-9-6-10(2)11(3)15(7-9)20-14-5-4-12(16(18)19)8-13(14)17/h4-8H,1-3H3,(H3,18,19). The minimum atomic E-state index is -0.531. The Morgan fingerprint density at radius 2 is 1.80 bits per heavy atom. The molecule has 0 radical (unpaired) electrons. The van der Waals surface area contributed by atoms with Gasteiger partial charge in [0.15, 0.2) is 11.6 Å². The summed E-state index contributed by atoms with van der Waals surface area (Å²) in [7, 11) is 0. The van der Waals surface area contributed by atoms with Gasteiger partial charge in [0, 0.05) is 5.56 Å². The Morgan fingerprint density at radius 3 is 2.40 bits per heavy atom. The van der Waals surface area contributed by atoms with Gasteiger partial charge in [0.25, 0.3) is 0 Å². The molecule has 3 N–H and O–H groups in total. The summed E-state index contributed by atoms with van der Waals surface area (Å²) in [6, 6.07) is 8.19. The van der Waals surface area contributed by atoms with Crippen molar-refractivity contribution in [3.8, 4) is 11.5 Å². The Bertz CT molecular complexity index is 680. The first kappa shape index (κ1) is 14.1. The fourth-order valence-electron chi connectivity index (χ4n) is 1.98. The van der Waals surface area contributed by atoms with Crippen molar-refractivity contribution in [3.63, 3.8) is 0 Å². The van der Waals surface area contributed by atoms with Crippen molar-refractivity contribution >= 4 is 5.84 Å². The number of amidine groups is 1. The minimum absolute atomic E-state index is 0.128. The van der Waals surface area contributed by atoms with E-state index in [1.54, 1.807) is 6.07 Å². The summed E-state index contributed by atoms with van der Waals surface area (Å²) in [5.41, 5.74) is 8.80. The molecule has 0 spiro atoms. The van der Waals surface area contributed by atoms with Gasteiger partial charge in [0.2, 0.25) is 0 Å². The molecule has 0 fully saturated rings. The Balaban J connectivity index is 2.38. The Labute approximate surface area is 117 Å². The first-order valence-corrected chi connectivity index (χ1v) is 6.28. The molecule has 0 aliphatic carbocycles. The molecule has 0 saturated heterocycles. The van der Waals surface area contributed by atoms with Crippen molar-refractivity contribution in [1.82, 2.24) is 0 Å². The SMILES string of the molecule is Cc1cc(C)c(C)c(Oc2ccc(C(=N)N)cc2F)c1. The highest BCUT2D eigenvalue weighted by Gasteiger charge is 2.10. The second-order valence-electron chi connectivity index (χ2n) is 4.87. The van der Waals surface area contributed by atoms with Crippen molar-refractivity contribution in [2.24, 2.45) is 5.73 Å². The van der Waals surface area contributed by atoms with Crippen LogP contribution in [0.15, 0.2) is 30.3 Å². The Morgan fingerprint density at radius 1 is 1.10 bits per heavy atom. The van der Waals surface area contributed by atoms with E-state index in [2.05, 4.69) is 6.07 Å². The highest BCUT2D eigenvalue weighted by Crippen LogP contribution is 2.30. The molecule has 0 saturated carbocycles. The van der Waals surface area contributed by atoms with Crippen molar-refractivity contribution in [1.29, 1.82) is 5.41 Å². The van der Waals surface area contributed by atoms with Gasteiger partial charge in [-0.15, -0.1) is 0 Å². The maximum absolute atomic E-state index is 14.0. The number of ether oxygens (including phenoxy) is 1. The number of halogens is 1. The van der Waals surface area contributed by atoms with Crippen LogP contribution in [-0.4, -0.2) is 5.84 Å². The Kier molecular flexibility index (Phi) is 3.74. The van der Waals surface area contributed by atoms with Crippen LogP contribution < -0.4 is 10.5 Å². The summed E-state index contributed by atoms with van der Waals surface area (Å²) >= 11 is 0. The first-order chi connectivity index (χ1) is 9.38. The monoisotopic (exact) mass is 272 g/mol. The first-order valence-electron chi connectivity index (χ1n) is 6.28. The van der Waals surface area contributed by atoms with Crippen LogP contribution in [0.4, 0.5) is 4.39 Å².